The van der Waals surface area contributed by atoms with Crippen LogP contribution in [0.4, 0.5) is 0 Å². The quantitative estimate of drug-likeness (QED) is 0.867. The molecule has 1 aliphatic heterocycles. The molecule has 0 aliphatic carbocycles. The summed E-state index contributed by atoms with van der Waals surface area (Å²) in [6.07, 6.45) is 5.85. The van der Waals surface area contributed by atoms with Gasteiger partial charge in [-0.05, 0) is 31.7 Å². The van der Waals surface area contributed by atoms with Gasteiger partial charge in [-0.25, -0.2) is 0 Å². The molecule has 3 rings (SSSR count). The first kappa shape index (κ1) is 12.6. The predicted octanol–water partition coefficient (Wildman–Crippen LogP) is 2.44. The molecular formula is C16H20N2O. The highest BCUT2D eigenvalue weighted by atomic mass is 16.3. The molecule has 3 heteroatoms. The van der Waals surface area contributed by atoms with Crippen LogP contribution >= 0.6 is 0 Å². The van der Waals surface area contributed by atoms with Crippen molar-refractivity contribution in [2.75, 3.05) is 13.1 Å². The van der Waals surface area contributed by atoms with Crippen LogP contribution in [0.1, 0.15) is 25.3 Å². The van der Waals surface area contributed by atoms with Crippen molar-refractivity contribution < 1.29 is 5.11 Å². The number of rotatable bonds is 2. The lowest BCUT2D eigenvalue weighted by atomic mass is 9.78. The van der Waals surface area contributed by atoms with Gasteiger partial charge >= 0.3 is 0 Å². The fraction of sp³-hybridized carbons (Fsp3) is 0.438. The molecule has 1 aromatic heterocycles. The molecule has 2 N–H and O–H groups in total. The molecule has 2 heterocycles. The van der Waals surface area contributed by atoms with Gasteiger partial charge in [0, 0.05) is 35.8 Å². The number of pyridine rings is 1. The Morgan fingerprint density at radius 2 is 2.16 bits per heavy atom. The van der Waals surface area contributed by atoms with Crippen LogP contribution in [0.25, 0.3) is 10.8 Å². The Labute approximate surface area is 113 Å². The van der Waals surface area contributed by atoms with E-state index in [-0.39, 0.29) is 5.92 Å². The second-order valence-electron chi connectivity index (χ2n) is 5.60. The lowest BCUT2D eigenvalue weighted by Gasteiger charge is -2.36. The van der Waals surface area contributed by atoms with E-state index >= 15 is 0 Å². The van der Waals surface area contributed by atoms with E-state index in [2.05, 4.69) is 16.4 Å². The van der Waals surface area contributed by atoms with Gasteiger partial charge in [0.25, 0.3) is 0 Å². The van der Waals surface area contributed by atoms with Gasteiger partial charge in [0.15, 0.2) is 0 Å². The van der Waals surface area contributed by atoms with Crippen molar-refractivity contribution in [2.45, 2.75) is 25.4 Å². The third-order valence-electron chi connectivity index (χ3n) is 4.31. The highest BCUT2D eigenvalue weighted by Crippen LogP contribution is 2.36. The number of piperidine rings is 1. The van der Waals surface area contributed by atoms with Gasteiger partial charge in [0.2, 0.25) is 0 Å². The Bertz CT molecular complexity index is 568. The van der Waals surface area contributed by atoms with Crippen LogP contribution < -0.4 is 5.32 Å². The zero-order chi connectivity index (χ0) is 13.3. The topological polar surface area (TPSA) is 45.2 Å². The average molecular weight is 256 g/mol. The first-order valence-electron chi connectivity index (χ1n) is 6.96. The van der Waals surface area contributed by atoms with Gasteiger partial charge in [0.05, 0.1) is 5.60 Å². The van der Waals surface area contributed by atoms with E-state index in [1.54, 1.807) is 0 Å². The van der Waals surface area contributed by atoms with Gasteiger partial charge in [-0.15, -0.1) is 0 Å². The minimum absolute atomic E-state index is 0.244. The van der Waals surface area contributed by atoms with Crippen molar-refractivity contribution >= 4 is 10.8 Å². The van der Waals surface area contributed by atoms with Crippen LogP contribution in [0.3, 0.4) is 0 Å². The molecular weight excluding hydrogens is 236 g/mol. The van der Waals surface area contributed by atoms with Crippen LogP contribution in [-0.4, -0.2) is 23.2 Å². The summed E-state index contributed by atoms with van der Waals surface area (Å²) < 4.78 is 0. The van der Waals surface area contributed by atoms with E-state index in [9.17, 15) is 5.11 Å². The van der Waals surface area contributed by atoms with Crippen LogP contribution in [0.2, 0.25) is 0 Å². The fourth-order valence-electron chi connectivity index (χ4n) is 3.07. The number of benzene rings is 1. The summed E-state index contributed by atoms with van der Waals surface area (Å²) in [7, 11) is 0. The van der Waals surface area contributed by atoms with Gasteiger partial charge in [-0.1, -0.05) is 24.3 Å². The summed E-state index contributed by atoms with van der Waals surface area (Å²) in [5, 5.41) is 16.6. The molecule has 0 bridgehead atoms. The highest BCUT2D eigenvalue weighted by molar-refractivity contribution is 5.85. The van der Waals surface area contributed by atoms with Crippen molar-refractivity contribution in [3.8, 4) is 0 Å². The molecule has 0 spiro atoms. The molecule has 0 radical (unpaired) electrons. The Hall–Kier alpha value is -1.45. The van der Waals surface area contributed by atoms with Crippen molar-refractivity contribution in [3.63, 3.8) is 0 Å². The zero-order valence-corrected chi connectivity index (χ0v) is 11.3. The number of aromatic nitrogens is 1. The molecule has 2 unspecified atom stereocenters. The SMILES string of the molecule is CC(O)(c1cncc2ccccc12)C1CCCNC1. The molecule has 1 saturated heterocycles. The molecule has 2 atom stereocenters. The normalized spacial score (nSPS) is 23.2. The van der Waals surface area contributed by atoms with Gasteiger partial charge in [0.1, 0.15) is 0 Å². The molecule has 2 aromatic rings. The minimum atomic E-state index is -0.832. The Balaban J connectivity index is 2.07. The lowest BCUT2D eigenvalue weighted by Crippen LogP contribution is -2.42. The third-order valence-corrected chi connectivity index (χ3v) is 4.31. The Morgan fingerprint density at radius 1 is 1.32 bits per heavy atom. The summed E-state index contributed by atoms with van der Waals surface area (Å²) in [5.74, 6) is 0.244. The highest BCUT2D eigenvalue weighted by Gasteiger charge is 2.35. The largest absolute Gasteiger partial charge is 0.385 e. The number of nitrogens with zero attached hydrogens (tertiary/aromatic N) is 1. The van der Waals surface area contributed by atoms with Crippen molar-refractivity contribution in [1.82, 2.24) is 10.3 Å². The predicted molar refractivity (Wildman–Crippen MR) is 76.9 cm³/mol. The standard InChI is InChI=1S/C16H20N2O/c1-16(19,13-6-4-8-17-10-13)15-11-18-9-12-5-2-3-7-14(12)15/h2-3,5,7,9,11,13,17,19H,4,6,8,10H2,1H3. The van der Waals surface area contributed by atoms with E-state index in [0.29, 0.717) is 0 Å². The Morgan fingerprint density at radius 3 is 2.95 bits per heavy atom. The molecule has 1 fully saturated rings. The third kappa shape index (κ3) is 2.24. The molecule has 100 valence electrons. The zero-order valence-electron chi connectivity index (χ0n) is 11.3. The second kappa shape index (κ2) is 4.91. The average Bonchev–Trinajstić information content (AvgIpc) is 2.47. The van der Waals surface area contributed by atoms with Crippen molar-refractivity contribution in [3.05, 3.63) is 42.2 Å². The maximum atomic E-state index is 11.0. The van der Waals surface area contributed by atoms with Crippen molar-refractivity contribution in [2.24, 2.45) is 5.92 Å². The van der Waals surface area contributed by atoms with Gasteiger partial charge in [-0.3, -0.25) is 4.98 Å². The number of hydrogen-bond donors (Lipinski definition) is 2. The summed E-state index contributed by atoms with van der Waals surface area (Å²) >= 11 is 0. The van der Waals surface area contributed by atoms with Crippen LogP contribution in [0.5, 0.6) is 0 Å². The summed E-state index contributed by atoms with van der Waals surface area (Å²) in [4.78, 5) is 4.29. The van der Waals surface area contributed by atoms with Crippen LogP contribution in [0.15, 0.2) is 36.7 Å². The van der Waals surface area contributed by atoms with E-state index < -0.39 is 5.60 Å². The van der Waals surface area contributed by atoms with Crippen LogP contribution in [0, 0.1) is 5.92 Å². The number of hydrogen-bond acceptors (Lipinski definition) is 3. The van der Waals surface area contributed by atoms with Crippen molar-refractivity contribution in [1.29, 1.82) is 0 Å². The van der Waals surface area contributed by atoms with Gasteiger partial charge in [-0.2, -0.15) is 0 Å². The number of fused-ring (bicyclic) bond motifs is 1. The lowest BCUT2D eigenvalue weighted by molar-refractivity contribution is -0.0146. The minimum Gasteiger partial charge on any atom is -0.385 e. The van der Waals surface area contributed by atoms with E-state index in [1.165, 1.54) is 0 Å². The monoisotopic (exact) mass is 256 g/mol. The van der Waals surface area contributed by atoms with Crippen LogP contribution in [-0.2, 0) is 5.60 Å². The molecule has 3 nitrogen and oxygen atoms in total. The number of nitrogens with one attached hydrogen (secondary N) is 1. The smallest absolute Gasteiger partial charge is 0.0929 e. The Kier molecular flexibility index (Phi) is 3.25. The number of aliphatic hydroxyl groups is 1. The molecule has 19 heavy (non-hydrogen) atoms. The maximum Gasteiger partial charge on any atom is 0.0929 e. The first-order valence-corrected chi connectivity index (χ1v) is 6.96. The van der Waals surface area contributed by atoms with E-state index in [1.807, 2.05) is 37.5 Å². The van der Waals surface area contributed by atoms with E-state index in [0.717, 1.165) is 42.3 Å². The maximum absolute atomic E-state index is 11.0. The second-order valence-corrected chi connectivity index (χ2v) is 5.60. The fourth-order valence-corrected chi connectivity index (χ4v) is 3.07. The summed E-state index contributed by atoms with van der Waals surface area (Å²) in [6.45, 7) is 3.85. The summed E-state index contributed by atoms with van der Waals surface area (Å²) in [6, 6.07) is 8.13. The van der Waals surface area contributed by atoms with E-state index in [4.69, 9.17) is 0 Å². The van der Waals surface area contributed by atoms with Gasteiger partial charge < -0.3 is 10.4 Å². The molecule has 1 aromatic carbocycles. The summed E-state index contributed by atoms with van der Waals surface area (Å²) in [5.41, 5.74) is 0.112. The molecule has 0 amide bonds. The first-order chi connectivity index (χ1) is 9.19. The molecule has 0 saturated carbocycles. The molecule has 1 aliphatic rings.